The monoisotopic (exact) mass is 198 g/mol. The molecule has 0 spiro atoms. The number of aldehydes is 1. The van der Waals surface area contributed by atoms with Gasteiger partial charge in [-0.05, 0) is 17.7 Å². The molecule has 0 saturated carbocycles. The summed E-state index contributed by atoms with van der Waals surface area (Å²) >= 11 is 0. The van der Waals surface area contributed by atoms with E-state index in [0.717, 1.165) is 0 Å². The van der Waals surface area contributed by atoms with Crippen LogP contribution in [0.25, 0.3) is 0 Å². The van der Waals surface area contributed by atoms with Gasteiger partial charge in [0.2, 0.25) is 0 Å². The first-order valence-electron chi connectivity index (χ1n) is 4.04. The molecule has 0 amide bonds. The van der Waals surface area contributed by atoms with Gasteiger partial charge in [-0.3, -0.25) is 4.79 Å². The molecule has 0 fully saturated rings. The molecule has 1 aromatic carbocycles. The van der Waals surface area contributed by atoms with Gasteiger partial charge < -0.3 is 9.47 Å². The van der Waals surface area contributed by atoms with Gasteiger partial charge in [0.25, 0.3) is 0 Å². The molecule has 1 unspecified atom stereocenters. The predicted molar refractivity (Wildman–Crippen MR) is 49.5 cm³/mol. The van der Waals surface area contributed by atoms with E-state index in [-0.39, 0.29) is 11.8 Å². The van der Waals surface area contributed by atoms with Gasteiger partial charge in [-0.2, -0.15) is 0 Å². The Labute approximate surface area is 81.4 Å². The van der Waals surface area contributed by atoms with Crippen LogP contribution in [0.5, 0.6) is 11.5 Å². The van der Waals surface area contributed by atoms with E-state index in [9.17, 15) is 9.18 Å². The van der Waals surface area contributed by atoms with Gasteiger partial charge in [0.15, 0.2) is 24.0 Å². The Balaban J connectivity index is 3.06. The molecule has 0 aromatic heterocycles. The summed E-state index contributed by atoms with van der Waals surface area (Å²) in [5, 5.41) is 0. The Morgan fingerprint density at radius 1 is 1.29 bits per heavy atom. The Hall–Kier alpha value is -1.58. The van der Waals surface area contributed by atoms with Crippen LogP contribution < -0.4 is 9.47 Å². The first-order chi connectivity index (χ1) is 6.72. The molecule has 0 aliphatic rings. The zero-order chi connectivity index (χ0) is 10.6. The first kappa shape index (κ1) is 10.5. The third-order valence-electron chi connectivity index (χ3n) is 1.85. The van der Waals surface area contributed by atoms with E-state index < -0.39 is 6.17 Å². The molecule has 0 radical (unpaired) electrons. The molecule has 3 nitrogen and oxygen atoms in total. The van der Waals surface area contributed by atoms with Crippen molar-refractivity contribution in [2.45, 2.75) is 6.17 Å². The first-order valence-corrected chi connectivity index (χ1v) is 4.04. The fourth-order valence-electron chi connectivity index (χ4n) is 1.10. The van der Waals surface area contributed by atoms with Crippen molar-refractivity contribution in [3.63, 3.8) is 0 Å². The standard InChI is InChI=1S/C10H11FO3/c1-13-9-4-3-7(8(11)6-12)5-10(9)14-2/h3-6,8H,1-2H3. The highest BCUT2D eigenvalue weighted by molar-refractivity contribution is 5.61. The lowest BCUT2D eigenvalue weighted by atomic mass is 10.1. The predicted octanol–water partition coefficient (Wildman–Crippen LogP) is 1.91. The maximum Gasteiger partial charge on any atom is 0.180 e. The Morgan fingerprint density at radius 2 is 1.93 bits per heavy atom. The SMILES string of the molecule is COc1ccc(C(F)C=O)cc1OC. The maximum atomic E-state index is 13.0. The molecule has 76 valence electrons. The summed E-state index contributed by atoms with van der Waals surface area (Å²) in [5.74, 6) is 0.920. The number of carbonyl (C=O) groups excluding carboxylic acids is 1. The Kier molecular flexibility index (Phi) is 3.45. The molecule has 0 bridgehead atoms. The lowest BCUT2D eigenvalue weighted by Crippen LogP contribution is -1.96. The van der Waals surface area contributed by atoms with E-state index in [1.54, 1.807) is 6.07 Å². The highest BCUT2D eigenvalue weighted by Gasteiger charge is 2.11. The highest BCUT2D eigenvalue weighted by atomic mass is 19.1. The fourth-order valence-corrected chi connectivity index (χ4v) is 1.10. The van der Waals surface area contributed by atoms with Gasteiger partial charge in [0.1, 0.15) is 0 Å². The minimum absolute atomic E-state index is 0.237. The number of ether oxygens (including phenoxy) is 2. The molecule has 4 heteroatoms. The second-order valence-corrected chi connectivity index (χ2v) is 2.65. The van der Waals surface area contributed by atoms with Crippen molar-refractivity contribution < 1.29 is 18.7 Å². The van der Waals surface area contributed by atoms with E-state index in [1.807, 2.05) is 0 Å². The van der Waals surface area contributed by atoms with Gasteiger partial charge in [-0.15, -0.1) is 0 Å². The third kappa shape index (κ3) is 2.02. The second-order valence-electron chi connectivity index (χ2n) is 2.65. The molecule has 14 heavy (non-hydrogen) atoms. The number of halogens is 1. The maximum absolute atomic E-state index is 13.0. The van der Waals surface area contributed by atoms with Crippen LogP contribution in [0.2, 0.25) is 0 Å². The fraction of sp³-hybridized carbons (Fsp3) is 0.300. The minimum Gasteiger partial charge on any atom is -0.493 e. The van der Waals surface area contributed by atoms with Crippen molar-refractivity contribution in [1.29, 1.82) is 0 Å². The van der Waals surface area contributed by atoms with Crippen LogP contribution in [-0.4, -0.2) is 20.5 Å². The molecule has 0 heterocycles. The summed E-state index contributed by atoms with van der Waals surface area (Å²) in [5.41, 5.74) is 0.262. The average molecular weight is 198 g/mol. The van der Waals surface area contributed by atoms with E-state index >= 15 is 0 Å². The van der Waals surface area contributed by atoms with Crippen LogP contribution in [-0.2, 0) is 4.79 Å². The second kappa shape index (κ2) is 4.60. The number of rotatable bonds is 4. The third-order valence-corrected chi connectivity index (χ3v) is 1.85. The molecule has 1 aromatic rings. The van der Waals surface area contributed by atoms with Gasteiger partial charge >= 0.3 is 0 Å². The Morgan fingerprint density at radius 3 is 2.43 bits per heavy atom. The molecule has 0 aliphatic carbocycles. The summed E-state index contributed by atoms with van der Waals surface area (Å²) in [6.45, 7) is 0. The summed E-state index contributed by atoms with van der Waals surface area (Å²) < 4.78 is 22.9. The lowest BCUT2D eigenvalue weighted by molar-refractivity contribution is -0.112. The van der Waals surface area contributed by atoms with Crippen LogP contribution in [0.4, 0.5) is 4.39 Å². The van der Waals surface area contributed by atoms with Crippen LogP contribution in [0.3, 0.4) is 0 Å². The van der Waals surface area contributed by atoms with Gasteiger partial charge in [-0.1, -0.05) is 6.07 Å². The minimum atomic E-state index is -1.62. The van der Waals surface area contributed by atoms with Crippen molar-refractivity contribution in [3.8, 4) is 11.5 Å². The summed E-state index contributed by atoms with van der Waals surface area (Å²) in [6.07, 6.45) is -1.38. The normalized spacial score (nSPS) is 11.9. The van der Waals surface area contributed by atoms with Crippen molar-refractivity contribution in [1.82, 2.24) is 0 Å². The summed E-state index contributed by atoms with van der Waals surface area (Å²) in [7, 11) is 2.94. The number of methoxy groups -OCH3 is 2. The van der Waals surface area contributed by atoms with Gasteiger partial charge in [-0.25, -0.2) is 4.39 Å². The summed E-state index contributed by atoms with van der Waals surface area (Å²) in [6, 6.07) is 4.49. The molecule has 0 aliphatic heterocycles. The Bertz CT molecular complexity index is 325. The molecule has 1 atom stereocenters. The molecular formula is C10H11FO3. The number of hydrogen-bond donors (Lipinski definition) is 0. The van der Waals surface area contributed by atoms with Crippen molar-refractivity contribution in [3.05, 3.63) is 23.8 Å². The number of alkyl halides is 1. The van der Waals surface area contributed by atoms with E-state index in [4.69, 9.17) is 9.47 Å². The largest absolute Gasteiger partial charge is 0.493 e. The number of carbonyl (C=O) groups is 1. The van der Waals surface area contributed by atoms with Crippen LogP contribution >= 0.6 is 0 Å². The highest BCUT2D eigenvalue weighted by Crippen LogP contribution is 2.30. The number of hydrogen-bond acceptors (Lipinski definition) is 3. The zero-order valence-corrected chi connectivity index (χ0v) is 7.99. The van der Waals surface area contributed by atoms with Gasteiger partial charge in [0, 0.05) is 0 Å². The van der Waals surface area contributed by atoms with Crippen LogP contribution in [0, 0.1) is 0 Å². The van der Waals surface area contributed by atoms with E-state index in [2.05, 4.69) is 0 Å². The molecule has 0 saturated heterocycles. The quantitative estimate of drug-likeness (QED) is 0.693. The molecule has 0 N–H and O–H groups in total. The van der Waals surface area contributed by atoms with Crippen LogP contribution in [0.15, 0.2) is 18.2 Å². The van der Waals surface area contributed by atoms with Crippen molar-refractivity contribution >= 4 is 6.29 Å². The zero-order valence-electron chi connectivity index (χ0n) is 7.99. The summed E-state index contributed by atoms with van der Waals surface area (Å²) in [4.78, 5) is 10.2. The average Bonchev–Trinajstić information content (AvgIpc) is 2.26. The van der Waals surface area contributed by atoms with Crippen molar-refractivity contribution in [2.24, 2.45) is 0 Å². The topological polar surface area (TPSA) is 35.5 Å². The van der Waals surface area contributed by atoms with Crippen molar-refractivity contribution in [2.75, 3.05) is 14.2 Å². The molecule has 1 rings (SSSR count). The lowest BCUT2D eigenvalue weighted by Gasteiger charge is -2.09. The van der Waals surface area contributed by atoms with Gasteiger partial charge in [0.05, 0.1) is 14.2 Å². The molecular weight excluding hydrogens is 187 g/mol. The smallest absolute Gasteiger partial charge is 0.180 e. The van der Waals surface area contributed by atoms with Crippen LogP contribution in [0.1, 0.15) is 11.7 Å². The van der Waals surface area contributed by atoms with E-state index in [0.29, 0.717) is 11.5 Å². The number of benzene rings is 1. The van der Waals surface area contributed by atoms with E-state index in [1.165, 1.54) is 26.4 Å².